The summed E-state index contributed by atoms with van der Waals surface area (Å²) in [6.07, 6.45) is -0.450. The Morgan fingerprint density at radius 1 is 0.603 bits per heavy atom. The lowest BCUT2D eigenvalue weighted by Gasteiger charge is -2.70. The third-order valence-electron chi connectivity index (χ3n) is 20.4. The molecule has 1 aromatic rings. The molecule has 1 saturated heterocycles. The summed E-state index contributed by atoms with van der Waals surface area (Å²) in [5.41, 5.74) is -14.6. The Morgan fingerprint density at radius 3 is 1.38 bits per heavy atom. The van der Waals surface area contributed by atoms with Gasteiger partial charge >= 0.3 is 51.2 Å². The minimum Gasteiger partial charge on any atom is -0.465 e. The van der Waals surface area contributed by atoms with Crippen LogP contribution in [-0.2, 0) is 73.9 Å². The topological polar surface area (TPSA) is 212 Å². The zero-order valence-electron chi connectivity index (χ0n) is 47.8. The van der Waals surface area contributed by atoms with Crippen LogP contribution in [0.15, 0.2) is 30.3 Å². The standard InChI is InChI=1S/C55H88F2O15S/c1-23-30-68-40(60)53(21,48(13,14)47(11,12)52(20,44(4,5)6)42(62)72-37-29-31-67-38(37)58)49(15,16)50(17,18)54(22,41(61)71-34-36-27-25-24-26-28-36)46(9,10)45(7,8)51(19,35(2)3)39(59)69-32-33-70-43(63)55(56,57)73(64,65)66/h24-28,35,37H,23,29-34H2,1-22H3,(H,64,65,66). The molecule has 1 N–H and O–H groups in total. The van der Waals surface area contributed by atoms with E-state index in [9.17, 15) is 36.4 Å². The molecular formula is C55H88F2O15S. The highest BCUT2D eigenvalue weighted by atomic mass is 32.2. The number of cyclic esters (lactones) is 1. The molecule has 1 heterocycles. The van der Waals surface area contributed by atoms with E-state index in [-0.39, 0.29) is 26.2 Å². The monoisotopic (exact) mass is 1060 g/mol. The number of carbonyl (C=O) groups is 6. The van der Waals surface area contributed by atoms with Crippen molar-refractivity contribution in [3.8, 4) is 0 Å². The summed E-state index contributed by atoms with van der Waals surface area (Å²) in [6, 6.07) is 9.05. The molecule has 0 radical (unpaired) electrons. The average molecular weight is 1060 g/mol. The number of ether oxygens (including phenoxy) is 6. The van der Waals surface area contributed by atoms with Gasteiger partial charge in [0.2, 0.25) is 6.10 Å². The second-order valence-corrected chi connectivity index (χ2v) is 26.5. The van der Waals surface area contributed by atoms with Crippen molar-refractivity contribution in [3.05, 3.63) is 35.9 Å². The lowest BCUT2D eigenvalue weighted by atomic mass is 9.31. The van der Waals surface area contributed by atoms with Crippen LogP contribution in [0.5, 0.6) is 0 Å². The molecule has 418 valence electrons. The number of benzene rings is 1. The van der Waals surface area contributed by atoms with Crippen LogP contribution >= 0.6 is 0 Å². The van der Waals surface area contributed by atoms with E-state index in [1.807, 2.05) is 103 Å². The van der Waals surface area contributed by atoms with Gasteiger partial charge in [-0.15, -0.1) is 0 Å². The van der Waals surface area contributed by atoms with Crippen LogP contribution in [0.4, 0.5) is 8.78 Å². The zero-order chi connectivity index (χ0) is 57.4. The molecule has 2 rings (SSSR count). The van der Waals surface area contributed by atoms with Crippen molar-refractivity contribution < 1.29 is 78.9 Å². The molecule has 18 heteroatoms. The summed E-state index contributed by atoms with van der Waals surface area (Å²) < 4.78 is 93.0. The molecule has 5 unspecified atom stereocenters. The number of hydrogen-bond acceptors (Lipinski definition) is 14. The molecular weight excluding hydrogens is 971 g/mol. The smallest absolute Gasteiger partial charge is 0.465 e. The second kappa shape index (κ2) is 21.4. The summed E-state index contributed by atoms with van der Waals surface area (Å²) in [4.78, 5) is 85.9. The Morgan fingerprint density at radius 2 is 1.00 bits per heavy atom. The predicted molar refractivity (Wildman–Crippen MR) is 271 cm³/mol. The quantitative estimate of drug-likeness (QED) is 0.0441. The third kappa shape index (κ3) is 10.3. The molecule has 0 aromatic heterocycles. The lowest BCUT2D eigenvalue weighted by molar-refractivity contribution is -0.261. The van der Waals surface area contributed by atoms with Gasteiger partial charge in [0, 0.05) is 6.42 Å². The van der Waals surface area contributed by atoms with E-state index in [1.54, 1.807) is 79.7 Å². The summed E-state index contributed by atoms with van der Waals surface area (Å²) in [5, 5.41) is -5.27. The van der Waals surface area contributed by atoms with Gasteiger partial charge in [-0.05, 0) is 83.5 Å². The highest BCUT2D eigenvalue weighted by Gasteiger charge is 2.77. The summed E-state index contributed by atoms with van der Waals surface area (Å²) >= 11 is 0. The minimum absolute atomic E-state index is 0.0513. The van der Waals surface area contributed by atoms with E-state index in [2.05, 4.69) is 4.74 Å². The fourth-order valence-corrected chi connectivity index (χ4v) is 12.0. The Bertz CT molecular complexity index is 2310. The maximum absolute atomic E-state index is 15.9. The fraction of sp³-hybridized carbons (Fsp3) is 0.782. The third-order valence-corrected chi connectivity index (χ3v) is 21.3. The largest absolute Gasteiger partial charge is 0.465 e. The first-order chi connectivity index (χ1) is 32.6. The second-order valence-electron chi connectivity index (χ2n) is 25.0. The van der Waals surface area contributed by atoms with Crippen molar-refractivity contribution in [3.63, 3.8) is 0 Å². The Kier molecular flexibility index (Phi) is 19.1. The molecule has 73 heavy (non-hydrogen) atoms. The molecule has 1 aliphatic heterocycles. The van der Waals surface area contributed by atoms with Crippen molar-refractivity contribution >= 4 is 45.9 Å². The number of rotatable bonds is 24. The van der Waals surface area contributed by atoms with E-state index >= 15 is 9.59 Å². The van der Waals surface area contributed by atoms with Crippen LogP contribution in [0.2, 0.25) is 0 Å². The van der Waals surface area contributed by atoms with Crippen LogP contribution in [0.25, 0.3) is 0 Å². The molecule has 1 aromatic carbocycles. The van der Waals surface area contributed by atoms with E-state index in [0.717, 1.165) is 0 Å². The van der Waals surface area contributed by atoms with Gasteiger partial charge in [0.15, 0.2) is 0 Å². The Labute approximate surface area is 434 Å². The normalized spacial score (nSPS) is 19.0. The van der Waals surface area contributed by atoms with Crippen LogP contribution in [0, 0.1) is 65.5 Å². The van der Waals surface area contributed by atoms with Gasteiger partial charge < -0.3 is 28.4 Å². The first kappa shape index (κ1) is 64.9. The van der Waals surface area contributed by atoms with E-state index in [4.69, 9.17) is 28.2 Å². The van der Waals surface area contributed by atoms with Crippen LogP contribution in [0.3, 0.4) is 0 Å². The average Bonchev–Trinajstić information content (AvgIpc) is 3.68. The van der Waals surface area contributed by atoms with Gasteiger partial charge in [-0.2, -0.15) is 17.2 Å². The highest BCUT2D eigenvalue weighted by Crippen LogP contribution is 2.76. The van der Waals surface area contributed by atoms with Gasteiger partial charge in [-0.3, -0.25) is 23.7 Å². The molecule has 5 atom stereocenters. The number of hydrogen-bond donors (Lipinski definition) is 1. The minimum atomic E-state index is -6.16. The van der Waals surface area contributed by atoms with Crippen molar-refractivity contribution in [1.29, 1.82) is 0 Å². The molecule has 0 spiro atoms. The summed E-state index contributed by atoms with van der Waals surface area (Å²) in [5.74, 6) is -6.58. The van der Waals surface area contributed by atoms with Crippen LogP contribution < -0.4 is 0 Å². The van der Waals surface area contributed by atoms with Crippen LogP contribution in [0.1, 0.15) is 171 Å². The Balaban J connectivity index is 3.12. The van der Waals surface area contributed by atoms with Crippen molar-refractivity contribution in [1.82, 2.24) is 0 Å². The summed E-state index contributed by atoms with van der Waals surface area (Å²) in [6.45, 7) is 38.8. The SMILES string of the molecule is CCCOC(=O)C(C)(C(C)(C)C(C)(C)C(C)(C(=O)OC1CCOC1=O)C(C)(C)C)C(C)(C)C(C)(C)C(C)(C(=O)OCc1ccccc1)C(C)(C)C(C)(C)C(C)(C(=O)OCCOC(=O)C(F)(F)S(=O)(=O)O)C(C)C. The van der Waals surface area contributed by atoms with Gasteiger partial charge in [-0.25, -0.2) is 9.59 Å². The van der Waals surface area contributed by atoms with Crippen LogP contribution in [-0.4, -0.2) is 86.6 Å². The number of alkyl halides is 2. The predicted octanol–water partition coefficient (Wildman–Crippen LogP) is 11.0. The number of esters is 6. The maximum Gasteiger partial charge on any atom is 0.465 e. The Hall–Kier alpha value is -4.19. The molecule has 0 amide bonds. The molecule has 0 aliphatic carbocycles. The molecule has 1 fully saturated rings. The first-order valence-electron chi connectivity index (χ1n) is 25.1. The van der Waals surface area contributed by atoms with E-state index in [0.29, 0.717) is 12.0 Å². The lowest BCUT2D eigenvalue weighted by Crippen LogP contribution is -2.72. The number of carbonyl (C=O) groups excluding carboxylic acids is 6. The molecule has 15 nitrogen and oxygen atoms in total. The molecule has 0 saturated carbocycles. The van der Waals surface area contributed by atoms with Crippen molar-refractivity contribution in [2.75, 3.05) is 26.4 Å². The van der Waals surface area contributed by atoms with E-state index < -0.39 is 136 Å². The fourth-order valence-electron chi connectivity index (χ4n) is 11.7. The van der Waals surface area contributed by atoms with Crippen molar-refractivity contribution in [2.45, 2.75) is 183 Å². The van der Waals surface area contributed by atoms with Gasteiger partial charge in [0.1, 0.15) is 19.8 Å². The molecule has 0 bridgehead atoms. The number of halogens is 2. The van der Waals surface area contributed by atoms with Crippen molar-refractivity contribution in [2.24, 2.45) is 65.5 Å². The summed E-state index contributed by atoms with van der Waals surface area (Å²) in [7, 11) is -6.16. The van der Waals surface area contributed by atoms with E-state index in [1.165, 1.54) is 0 Å². The molecule has 1 aliphatic rings. The highest BCUT2D eigenvalue weighted by molar-refractivity contribution is 7.87. The maximum atomic E-state index is 15.9. The first-order valence-corrected chi connectivity index (χ1v) is 26.5. The van der Waals surface area contributed by atoms with Gasteiger partial charge in [0.05, 0.1) is 34.9 Å². The van der Waals surface area contributed by atoms with Gasteiger partial charge in [0.25, 0.3) is 0 Å². The zero-order valence-corrected chi connectivity index (χ0v) is 48.6. The van der Waals surface area contributed by atoms with Gasteiger partial charge in [-0.1, -0.05) is 155 Å².